The summed E-state index contributed by atoms with van der Waals surface area (Å²) < 4.78 is 67.4. The van der Waals surface area contributed by atoms with E-state index in [4.69, 9.17) is 111 Å². The van der Waals surface area contributed by atoms with Crippen LogP contribution in [0.15, 0.2) is 154 Å². The van der Waals surface area contributed by atoms with E-state index < -0.39 is 46.8 Å². The third-order valence-electron chi connectivity index (χ3n) is 21.1. The molecule has 45 heteroatoms. The molecule has 636 valence electrons. The molecule has 1 atom stereocenters. The van der Waals surface area contributed by atoms with Crippen molar-refractivity contribution >= 4 is 208 Å². The molecule has 10 heterocycles. The summed E-state index contributed by atoms with van der Waals surface area (Å²) in [4.78, 5) is 53.9. The number of nitrogens with one attached hydrogen (secondary N) is 6. The van der Waals surface area contributed by atoms with Crippen LogP contribution in [-0.4, -0.2) is 185 Å². The first kappa shape index (κ1) is 90.0. The van der Waals surface area contributed by atoms with Gasteiger partial charge in [0.15, 0.2) is 50.9 Å². The first-order valence-electron chi connectivity index (χ1n) is 38.6. The van der Waals surface area contributed by atoms with Crippen LogP contribution in [0.25, 0.3) is 66.3 Å². The lowest BCUT2D eigenvalue weighted by Crippen LogP contribution is -2.41. The highest BCUT2D eigenvalue weighted by Gasteiger charge is 2.54. The molecule has 3 amide bonds. The van der Waals surface area contributed by atoms with Gasteiger partial charge in [0.1, 0.15) is 28.2 Å². The first-order valence-corrected chi connectivity index (χ1v) is 38.6. The molecule has 1 saturated carbocycles. The summed E-state index contributed by atoms with van der Waals surface area (Å²) in [6.07, 6.45) is 2.53. The molecule has 4 fully saturated rings. The number of rotatable bonds is 13. The topological polar surface area (TPSA) is 558 Å². The van der Waals surface area contributed by atoms with Gasteiger partial charge >= 0.3 is 61.9 Å². The molecule has 0 bridgehead atoms. The van der Waals surface area contributed by atoms with Gasteiger partial charge in [-0.05, 0) is 213 Å². The van der Waals surface area contributed by atoms with Gasteiger partial charge < -0.3 is 122 Å². The van der Waals surface area contributed by atoms with Gasteiger partial charge in [-0.15, -0.1) is 5.48 Å². The van der Waals surface area contributed by atoms with Crippen molar-refractivity contribution in [1.82, 2.24) is 41.0 Å². The van der Waals surface area contributed by atoms with Crippen LogP contribution >= 0.6 is 0 Å². The van der Waals surface area contributed by atoms with Crippen LogP contribution in [0.1, 0.15) is 128 Å². The SMILES string of the molecule is CC(=O)Nc1nc2cc(B(O)O)ccc2o1.CC(=O)Nc1nc2ccc(B(O)O)cc2o1.CC(=O)Nc1noc2cc(B3OC(C)(C)C(C)(C)O3)ccc12.CC1(C)OB(c2ccc3c(c2)C(NC2CC2)NO3)OC1(C)C.CNc1noc2ccc(B3OC(C)(C)C(C)(C)O3)cc12.Nc1nc2cc(B(O)O)ccc2o1.Nc1nc2ccc(B(O)O)cc2o1. The summed E-state index contributed by atoms with van der Waals surface area (Å²) in [5.74, 6) is 1.26. The molecule has 13 aromatic rings. The molecule has 122 heavy (non-hydrogen) atoms. The zero-order valence-electron chi connectivity index (χ0n) is 69.7. The van der Waals surface area contributed by atoms with Gasteiger partial charge in [-0.2, -0.15) is 19.9 Å². The van der Waals surface area contributed by atoms with Crippen LogP contribution < -0.4 is 86.6 Å². The molecule has 7 aromatic carbocycles. The number of carbonyl (C=O) groups is 3. The van der Waals surface area contributed by atoms with Crippen LogP contribution in [0.4, 0.5) is 35.7 Å². The fourth-order valence-electron chi connectivity index (χ4n) is 12.3. The normalized spacial score (nSPS) is 17.0. The van der Waals surface area contributed by atoms with Gasteiger partial charge in [0.2, 0.25) is 17.7 Å². The Bertz CT molecular complexity index is 5700. The van der Waals surface area contributed by atoms with E-state index in [1.54, 1.807) is 30.3 Å². The predicted octanol–water partition coefficient (Wildman–Crippen LogP) is 3.00. The number of carbonyl (C=O) groups excluding carboxylic acids is 3. The monoisotopic (exact) mass is 1670 g/mol. The van der Waals surface area contributed by atoms with E-state index in [1.807, 2.05) is 111 Å². The fourth-order valence-corrected chi connectivity index (χ4v) is 12.3. The second-order valence-corrected chi connectivity index (χ2v) is 32.1. The predicted molar refractivity (Wildman–Crippen MR) is 461 cm³/mol. The van der Waals surface area contributed by atoms with Crippen molar-refractivity contribution in [2.24, 2.45) is 0 Å². The Morgan fingerprint density at radius 3 is 1.30 bits per heavy atom. The number of fused-ring (bicyclic) bond motifs is 7. The third kappa shape index (κ3) is 21.1. The molecule has 38 nitrogen and oxygen atoms in total. The summed E-state index contributed by atoms with van der Waals surface area (Å²) in [5, 5.41) is 94.8. The molecule has 1 aliphatic carbocycles. The summed E-state index contributed by atoms with van der Waals surface area (Å²) in [6.45, 7) is 28.6. The number of hydroxylamine groups is 1. The van der Waals surface area contributed by atoms with Crippen molar-refractivity contribution in [2.45, 2.75) is 163 Å². The van der Waals surface area contributed by atoms with E-state index in [0.29, 0.717) is 83.7 Å². The molecule has 0 spiro atoms. The van der Waals surface area contributed by atoms with Crippen molar-refractivity contribution < 1.29 is 114 Å². The quantitative estimate of drug-likeness (QED) is 0.0738. The second-order valence-electron chi connectivity index (χ2n) is 32.1. The van der Waals surface area contributed by atoms with Crippen molar-refractivity contribution in [3.63, 3.8) is 0 Å². The first-order chi connectivity index (χ1) is 57.3. The van der Waals surface area contributed by atoms with Crippen LogP contribution in [0.3, 0.4) is 0 Å². The van der Waals surface area contributed by atoms with E-state index in [0.717, 1.165) is 49.9 Å². The number of nitrogen functional groups attached to an aromatic ring is 2. The van der Waals surface area contributed by atoms with Crippen LogP contribution in [0, 0.1) is 0 Å². The number of oxazole rings is 4. The van der Waals surface area contributed by atoms with Gasteiger partial charge in [-0.3, -0.25) is 30.3 Å². The number of amides is 3. The Balaban J connectivity index is 0.000000131. The molecular formula is C77H93B7N14O24. The Morgan fingerprint density at radius 2 is 0.803 bits per heavy atom. The van der Waals surface area contributed by atoms with Crippen molar-refractivity contribution in [3.8, 4) is 5.75 Å². The summed E-state index contributed by atoms with van der Waals surface area (Å²) in [7, 11) is -5.45. The number of nitrogens with two attached hydrogens (primary N) is 2. The van der Waals surface area contributed by atoms with Crippen molar-refractivity contribution in [1.29, 1.82) is 0 Å². The third-order valence-corrected chi connectivity index (χ3v) is 21.1. The lowest BCUT2D eigenvalue weighted by atomic mass is 9.78. The van der Waals surface area contributed by atoms with Gasteiger partial charge in [-0.25, -0.2) is 0 Å². The smallest absolute Gasteiger partial charge is 0.424 e. The molecule has 6 aromatic heterocycles. The number of hydrogen-bond acceptors (Lipinski definition) is 35. The lowest BCUT2D eigenvalue weighted by molar-refractivity contribution is -0.115. The van der Waals surface area contributed by atoms with E-state index >= 15 is 0 Å². The average molecular weight is 1670 g/mol. The van der Waals surface area contributed by atoms with Crippen LogP contribution in [0.5, 0.6) is 5.75 Å². The van der Waals surface area contributed by atoms with E-state index in [1.165, 1.54) is 76.1 Å². The van der Waals surface area contributed by atoms with Crippen molar-refractivity contribution in [2.75, 3.05) is 39.8 Å². The Hall–Kier alpha value is -11.2. The fraction of sp³-hybridized carbons (Fsp3) is 0.338. The van der Waals surface area contributed by atoms with Gasteiger partial charge in [0.05, 0.1) is 44.4 Å². The number of benzene rings is 7. The minimum atomic E-state index is -1.56. The molecule has 4 aliphatic heterocycles. The largest absolute Gasteiger partial charge is 0.494 e. The Kier molecular flexibility index (Phi) is 26.6. The van der Waals surface area contributed by atoms with Crippen LogP contribution in [0.2, 0.25) is 0 Å². The molecule has 3 saturated heterocycles. The molecule has 0 radical (unpaired) electrons. The van der Waals surface area contributed by atoms with E-state index in [-0.39, 0.29) is 84.6 Å². The molecule has 1 unspecified atom stereocenters. The standard InChI is InChI=1S/C16H23BN2O3.C15H19BN2O4.C14H19BN2O3.2C9H9BN2O4.2C7H7BN2O3/c1-15(2)16(3,4)22-17(21-15)10-5-8-13-12(9-10)14(19-20-13)18-11-6-7-11;1-9(19)17-13-11-7-6-10(8-12(11)20-18-13)16-21-14(2,3)15(4,5)22-16;1-13(2)14(3,4)20-15(19-13)9-6-7-11-10(8-9)12(16-5)17-18-11;1-5(13)11-9-12-7-4-6(10(14)15)2-3-8(7)16-9;1-5(13)11-9-12-7-3-2-6(10(14)15)4-8(7)16-9;9-7-10-5-3-4(8(11)12)1-2-6(5)13-7;9-7-10-5-2-1-4(8(11)12)3-6(5)13-7/h5,8-9,11,14,18-19H,6-7H2,1-4H3;6-8H,1-5H3,(H,17,18,19);6-8H,1-5H3,(H,16,17);2*2-4,14-15H,1H3,(H,11,12,13);2*1-3,11-12H,(H2,9,10). The molecule has 5 aliphatic rings. The molecule has 18 rings (SSSR count). The number of anilines is 6. The zero-order valence-corrected chi connectivity index (χ0v) is 69.7. The zero-order chi connectivity index (χ0) is 88.5. The highest BCUT2D eigenvalue weighted by molar-refractivity contribution is 6.64. The number of aromatic nitrogens is 6. The van der Waals surface area contributed by atoms with Gasteiger partial charge in [0, 0.05) is 39.4 Å². The van der Waals surface area contributed by atoms with Crippen molar-refractivity contribution in [3.05, 3.63) is 133 Å². The Labute approximate surface area is 700 Å². The highest BCUT2D eigenvalue weighted by atomic mass is 16.7. The highest BCUT2D eigenvalue weighted by Crippen LogP contribution is 2.41. The van der Waals surface area contributed by atoms with Crippen LogP contribution in [-0.2, 0) is 42.3 Å². The lowest BCUT2D eigenvalue weighted by Gasteiger charge is -2.32. The maximum atomic E-state index is 11.1. The van der Waals surface area contributed by atoms with Gasteiger partial charge in [0.25, 0.3) is 12.0 Å². The van der Waals surface area contributed by atoms with E-state index in [9.17, 15) is 14.4 Å². The maximum absolute atomic E-state index is 11.1. The number of nitrogens with zero attached hydrogens (tertiary/aromatic N) is 6. The summed E-state index contributed by atoms with van der Waals surface area (Å²) >= 11 is 0. The maximum Gasteiger partial charge on any atom is 0.494 e. The van der Waals surface area contributed by atoms with Gasteiger partial charge in [-0.1, -0.05) is 58.8 Å². The minimum Gasteiger partial charge on any atom is -0.424 e. The van der Waals surface area contributed by atoms with E-state index in [2.05, 4.69) is 96.1 Å². The second kappa shape index (κ2) is 36.1. The summed E-state index contributed by atoms with van der Waals surface area (Å²) in [6, 6.07) is 36.9. The minimum absolute atomic E-state index is 0.0462. The molecular weight excluding hydrogens is 1580 g/mol. The molecule has 18 N–H and O–H groups in total. The average Bonchev–Trinajstić information content (AvgIpc) is 1.62. The Morgan fingerprint density at radius 1 is 0.418 bits per heavy atom. The number of hydrogen-bond donors (Lipinski definition) is 16. The summed E-state index contributed by atoms with van der Waals surface area (Å²) in [5.41, 5.74) is 22.1.